The third kappa shape index (κ3) is 7.47. The molecule has 41 heavy (non-hydrogen) atoms. The molecule has 2 aromatic rings. The largest absolute Gasteiger partial charge is 0.444 e. The van der Waals surface area contributed by atoms with Crippen LogP contribution in [-0.2, 0) is 32.7 Å². The second-order valence-electron chi connectivity index (χ2n) is 13.3. The molecule has 11 nitrogen and oxygen atoms in total. The normalized spacial score (nSPS) is 19.3. The van der Waals surface area contributed by atoms with Gasteiger partial charge in [0.05, 0.1) is 11.0 Å². The van der Waals surface area contributed by atoms with Crippen LogP contribution in [0.2, 0.25) is 25.7 Å². The van der Waals surface area contributed by atoms with Crippen molar-refractivity contribution in [2.45, 2.75) is 77.5 Å². The number of rotatable bonds is 8. The molecule has 0 bridgehead atoms. The Bertz CT molecular complexity index is 1350. The highest BCUT2D eigenvalue weighted by atomic mass is 28.3. The standard InChI is InChI=1S/C29H45N5O6Si/c1-29(2,3)40-28(38)32-14-12-31(13-15-32)19-21-8-9-22-24(18-21)30(4)27(37)34(22)23-10-11-25(35)33(26(23)36)20-39-16-17-41(5,6)7/h8-9,18,23H,10-17,19-20H2,1-7H3. The van der Waals surface area contributed by atoms with Crippen molar-refractivity contribution in [2.75, 3.05) is 39.5 Å². The molecule has 0 aliphatic carbocycles. The molecule has 1 aromatic heterocycles. The van der Waals surface area contributed by atoms with Crippen LogP contribution in [0.3, 0.4) is 0 Å². The SMILES string of the molecule is Cn1c(=O)n(C2CCC(=O)N(COCC[Si](C)(C)C)C2=O)c2ccc(CN3CCN(C(=O)OC(C)(C)C)CC3)cc21. The van der Waals surface area contributed by atoms with Gasteiger partial charge < -0.3 is 14.4 Å². The molecule has 0 spiro atoms. The number of aryl methyl sites for hydroxylation is 1. The van der Waals surface area contributed by atoms with Gasteiger partial charge in [-0.25, -0.2) is 9.59 Å². The predicted molar refractivity (Wildman–Crippen MR) is 159 cm³/mol. The average molecular weight is 588 g/mol. The fourth-order valence-corrected chi connectivity index (χ4v) is 5.97. The van der Waals surface area contributed by atoms with Gasteiger partial charge >= 0.3 is 11.8 Å². The van der Waals surface area contributed by atoms with E-state index in [-0.39, 0.29) is 37.3 Å². The molecular formula is C29H45N5O6Si. The van der Waals surface area contributed by atoms with Crippen LogP contribution in [-0.4, -0.2) is 94.9 Å². The molecule has 1 atom stereocenters. The summed E-state index contributed by atoms with van der Waals surface area (Å²) >= 11 is 0. The minimum atomic E-state index is -1.30. The lowest BCUT2D eigenvalue weighted by Crippen LogP contribution is -2.49. The number of hydrogen-bond acceptors (Lipinski definition) is 7. The number of benzene rings is 1. The summed E-state index contributed by atoms with van der Waals surface area (Å²) in [7, 11) is 0.409. The highest BCUT2D eigenvalue weighted by Gasteiger charge is 2.37. The van der Waals surface area contributed by atoms with Crippen LogP contribution in [0.5, 0.6) is 0 Å². The monoisotopic (exact) mass is 587 g/mol. The third-order valence-corrected chi connectivity index (χ3v) is 9.30. The molecule has 2 saturated heterocycles. The summed E-state index contributed by atoms with van der Waals surface area (Å²) < 4.78 is 14.3. The van der Waals surface area contributed by atoms with E-state index in [4.69, 9.17) is 9.47 Å². The van der Waals surface area contributed by atoms with Crippen LogP contribution in [0.15, 0.2) is 23.0 Å². The number of aromatic nitrogens is 2. The predicted octanol–water partition coefficient (Wildman–Crippen LogP) is 3.40. The summed E-state index contributed by atoms with van der Waals surface area (Å²) in [5.41, 5.74) is 1.65. The number of carbonyl (C=O) groups excluding carboxylic acids is 3. The first-order valence-corrected chi connectivity index (χ1v) is 18.2. The Kier molecular flexibility index (Phi) is 9.15. The van der Waals surface area contributed by atoms with Gasteiger partial charge in [0.2, 0.25) is 5.91 Å². The van der Waals surface area contributed by atoms with E-state index in [0.717, 1.165) is 35.1 Å². The first kappa shape index (κ1) is 31.0. The number of piperazine rings is 1. The minimum absolute atomic E-state index is 0.0799. The molecule has 1 unspecified atom stereocenters. The van der Waals surface area contributed by atoms with E-state index in [0.29, 0.717) is 31.8 Å². The van der Waals surface area contributed by atoms with E-state index < -0.39 is 25.6 Å². The summed E-state index contributed by atoms with van der Waals surface area (Å²) in [5, 5.41) is 0. The molecule has 2 aliphatic rings. The number of imidazole rings is 1. The number of carbonyl (C=O) groups is 3. The van der Waals surface area contributed by atoms with Crippen LogP contribution in [0, 0.1) is 0 Å². The van der Waals surface area contributed by atoms with Gasteiger partial charge in [0, 0.05) is 60.9 Å². The Labute approximate surface area is 243 Å². The summed E-state index contributed by atoms with van der Waals surface area (Å²) in [6.45, 7) is 16.0. The van der Waals surface area contributed by atoms with Gasteiger partial charge in [-0.15, -0.1) is 0 Å². The smallest absolute Gasteiger partial charge is 0.410 e. The summed E-state index contributed by atoms with van der Waals surface area (Å²) in [4.78, 5) is 57.0. The van der Waals surface area contributed by atoms with Crippen molar-refractivity contribution in [2.24, 2.45) is 7.05 Å². The molecular weight excluding hydrogens is 542 g/mol. The van der Waals surface area contributed by atoms with Crippen LogP contribution >= 0.6 is 0 Å². The molecule has 12 heteroatoms. The number of hydrogen-bond donors (Lipinski definition) is 0. The topological polar surface area (TPSA) is 106 Å². The molecule has 2 aliphatic heterocycles. The Morgan fingerprint density at radius 3 is 2.34 bits per heavy atom. The lowest BCUT2D eigenvalue weighted by Gasteiger charge is -2.35. The van der Waals surface area contributed by atoms with E-state index in [2.05, 4.69) is 24.5 Å². The van der Waals surface area contributed by atoms with E-state index in [1.165, 1.54) is 4.57 Å². The number of amides is 3. The maximum atomic E-state index is 13.4. The van der Waals surface area contributed by atoms with Crippen molar-refractivity contribution >= 4 is 37.0 Å². The van der Waals surface area contributed by atoms with Gasteiger partial charge in [-0.1, -0.05) is 25.7 Å². The van der Waals surface area contributed by atoms with Crippen molar-refractivity contribution in [1.82, 2.24) is 23.8 Å². The summed E-state index contributed by atoms with van der Waals surface area (Å²) in [5.74, 6) is -0.655. The van der Waals surface area contributed by atoms with Gasteiger partial charge in [-0.05, 0) is 50.9 Å². The lowest BCUT2D eigenvalue weighted by molar-refractivity contribution is -0.157. The fourth-order valence-electron chi connectivity index (χ4n) is 5.21. The molecule has 4 rings (SSSR count). The summed E-state index contributed by atoms with van der Waals surface area (Å²) in [6.07, 6.45) is 0.181. The van der Waals surface area contributed by atoms with Crippen LogP contribution in [0.4, 0.5) is 4.79 Å². The second kappa shape index (κ2) is 12.1. The second-order valence-corrected chi connectivity index (χ2v) is 19.0. The van der Waals surface area contributed by atoms with Gasteiger partial charge in [0.25, 0.3) is 5.91 Å². The average Bonchev–Trinajstić information content (AvgIpc) is 3.12. The van der Waals surface area contributed by atoms with Gasteiger partial charge in [-0.2, -0.15) is 0 Å². The van der Waals surface area contributed by atoms with Crippen LogP contribution in [0.25, 0.3) is 11.0 Å². The quantitative estimate of drug-likeness (QED) is 0.265. The van der Waals surface area contributed by atoms with Gasteiger partial charge in [0.15, 0.2) is 0 Å². The Morgan fingerprint density at radius 2 is 1.71 bits per heavy atom. The number of ether oxygens (including phenoxy) is 2. The fraction of sp³-hybridized carbons (Fsp3) is 0.655. The Hall–Kier alpha value is -2.96. The van der Waals surface area contributed by atoms with E-state index in [1.807, 2.05) is 39.0 Å². The van der Waals surface area contributed by atoms with E-state index in [9.17, 15) is 19.2 Å². The number of piperidine rings is 1. The maximum absolute atomic E-state index is 13.4. The van der Waals surface area contributed by atoms with Crippen molar-refractivity contribution in [3.05, 3.63) is 34.2 Å². The Balaban J connectivity index is 1.45. The van der Waals surface area contributed by atoms with Crippen molar-refractivity contribution in [1.29, 1.82) is 0 Å². The zero-order chi connectivity index (χ0) is 30.1. The van der Waals surface area contributed by atoms with Crippen LogP contribution < -0.4 is 5.69 Å². The van der Waals surface area contributed by atoms with Gasteiger partial charge in [-0.3, -0.25) is 28.5 Å². The molecule has 0 radical (unpaired) electrons. The van der Waals surface area contributed by atoms with Crippen LogP contribution in [0.1, 0.15) is 45.2 Å². The molecule has 3 heterocycles. The first-order chi connectivity index (χ1) is 19.1. The zero-order valence-electron chi connectivity index (χ0n) is 25.6. The minimum Gasteiger partial charge on any atom is -0.444 e. The number of likely N-dealkylation sites (tertiary alicyclic amines) is 1. The van der Waals surface area contributed by atoms with E-state index >= 15 is 0 Å². The third-order valence-electron chi connectivity index (χ3n) is 7.60. The highest BCUT2D eigenvalue weighted by molar-refractivity contribution is 6.76. The van der Waals surface area contributed by atoms with Crippen molar-refractivity contribution in [3.63, 3.8) is 0 Å². The highest BCUT2D eigenvalue weighted by Crippen LogP contribution is 2.27. The Morgan fingerprint density at radius 1 is 1.02 bits per heavy atom. The number of imide groups is 1. The molecule has 0 saturated carbocycles. The van der Waals surface area contributed by atoms with Crippen molar-refractivity contribution in [3.8, 4) is 0 Å². The lowest BCUT2D eigenvalue weighted by atomic mass is 10.0. The number of nitrogens with zero attached hydrogens (tertiary/aromatic N) is 5. The molecule has 0 N–H and O–H groups in total. The van der Waals surface area contributed by atoms with Gasteiger partial charge in [0.1, 0.15) is 18.4 Å². The molecule has 2 fully saturated rings. The summed E-state index contributed by atoms with van der Waals surface area (Å²) in [6, 6.07) is 6.05. The molecule has 3 amide bonds. The first-order valence-electron chi connectivity index (χ1n) is 14.5. The zero-order valence-corrected chi connectivity index (χ0v) is 26.6. The van der Waals surface area contributed by atoms with E-state index in [1.54, 1.807) is 16.5 Å². The number of fused-ring (bicyclic) bond motifs is 1. The molecule has 226 valence electrons. The molecule has 1 aromatic carbocycles. The van der Waals surface area contributed by atoms with Crippen molar-refractivity contribution < 1.29 is 23.9 Å². The maximum Gasteiger partial charge on any atom is 0.410 e.